The fraction of sp³-hybridized carbons (Fsp3) is 0.571. The van der Waals surface area contributed by atoms with Crippen LogP contribution in [0.25, 0.3) is 0 Å². The molecule has 1 N–H and O–H groups in total. The smallest absolute Gasteiger partial charge is 0.00417 e. The standard InChI is InChI=1S/C14H23N/c1-5-15-13(4)9-10-14-11(2)7-6-8-12(14)3/h6-8,13,15H,5,9-10H2,1-4H3. The lowest BCUT2D eigenvalue weighted by Crippen LogP contribution is -2.26. The number of hydrogen-bond acceptors (Lipinski definition) is 1. The molecule has 0 heterocycles. The summed E-state index contributed by atoms with van der Waals surface area (Å²) in [5.74, 6) is 0. The van der Waals surface area contributed by atoms with Crippen molar-refractivity contribution < 1.29 is 0 Å². The lowest BCUT2D eigenvalue weighted by Gasteiger charge is -2.14. The van der Waals surface area contributed by atoms with Crippen molar-refractivity contribution in [2.24, 2.45) is 0 Å². The Morgan fingerprint density at radius 3 is 2.33 bits per heavy atom. The van der Waals surface area contributed by atoms with Crippen molar-refractivity contribution in [2.75, 3.05) is 6.54 Å². The van der Waals surface area contributed by atoms with Crippen molar-refractivity contribution in [3.05, 3.63) is 34.9 Å². The molecule has 1 unspecified atom stereocenters. The molecule has 1 rings (SSSR count). The van der Waals surface area contributed by atoms with Crippen LogP contribution in [-0.2, 0) is 6.42 Å². The van der Waals surface area contributed by atoms with Crippen LogP contribution < -0.4 is 5.32 Å². The number of nitrogens with one attached hydrogen (secondary N) is 1. The largest absolute Gasteiger partial charge is 0.315 e. The molecule has 0 aliphatic heterocycles. The summed E-state index contributed by atoms with van der Waals surface area (Å²) in [6, 6.07) is 7.18. The Hall–Kier alpha value is -0.820. The van der Waals surface area contributed by atoms with Crippen molar-refractivity contribution in [2.45, 2.75) is 46.6 Å². The first-order valence-electron chi connectivity index (χ1n) is 5.93. The van der Waals surface area contributed by atoms with Gasteiger partial charge in [0.1, 0.15) is 0 Å². The molecule has 1 nitrogen and oxygen atoms in total. The fourth-order valence-corrected chi connectivity index (χ4v) is 2.05. The Morgan fingerprint density at radius 2 is 1.80 bits per heavy atom. The average molecular weight is 205 g/mol. The molecule has 0 saturated carbocycles. The Kier molecular flexibility index (Phi) is 4.83. The lowest BCUT2D eigenvalue weighted by atomic mass is 9.97. The van der Waals surface area contributed by atoms with E-state index in [4.69, 9.17) is 0 Å². The van der Waals surface area contributed by atoms with Crippen LogP contribution >= 0.6 is 0 Å². The number of rotatable bonds is 5. The van der Waals surface area contributed by atoms with Crippen LogP contribution in [0.4, 0.5) is 0 Å². The van der Waals surface area contributed by atoms with Gasteiger partial charge in [0, 0.05) is 6.04 Å². The summed E-state index contributed by atoms with van der Waals surface area (Å²) >= 11 is 0. The van der Waals surface area contributed by atoms with E-state index in [0.29, 0.717) is 6.04 Å². The monoisotopic (exact) mass is 205 g/mol. The predicted octanol–water partition coefficient (Wildman–Crippen LogP) is 3.23. The first kappa shape index (κ1) is 12.3. The van der Waals surface area contributed by atoms with E-state index in [0.717, 1.165) is 6.54 Å². The number of benzene rings is 1. The van der Waals surface area contributed by atoms with E-state index in [2.05, 4.69) is 51.2 Å². The first-order chi connectivity index (χ1) is 7.15. The van der Waals surface area contributed by atoms with Gasteiger partial charge in [-0.1, -0.05) is 25.1 Å². The number of hydrogen-bond donors (Lipinski definition) is 1. The molecule has 0 fully saturated rings. The summed E-state index contributed by atoms with van der Waals surface area (Å²) < 4.78 is 0. The Bertz CT molecular complexity index is 284. The topological polar surface area (TPSA) is 12.0 Å². The second kappa shape index (κ2) is 5.92. The van der Waals surface area contributed by atoms with E-state index in [1.807, 2.05) is 0 Å². The molecule has 1 atom stereocenters. The normalized spacial score (nSPS) is 12.8. The second-order valence-corrected chi connectivity index (χ2v) is 4.37. The molecule has 0 aliphatic carbocycles. The molecular weight excluding hydrogens is 182 g/mol. The van der Waals surface area contributed by atoms with Gasteiger partial charge in [-0.25, -0.2) is 0 Å². The molecule has 1 aromatic carbocycles. The van der Waals surface area contributed by atoms with Gasteiger partial charge in [-0.05, 0) is 56.8 Å². The van der Waals surface area contributed by atoms with Crippen molar-refractivity contribution in [1.29, 1.82) is 0 Å². The van der Waals surface area contributed by atoms with E-state index < -0.39 is 0 Å². The second-order valence-electron chi connectivity index (χ2n) is 4.37. The van der Waals surface area contributed by atoms with Crippen molar-refractivity contribution in [3.63, 3.8) is 0 Å². The van der Waals surface area contributed by atoms with E-state index >= 15 is 0 Å². The third kappa shape index (κ3) is 3.67. The summed E-state index contributed by atoms with van der Waals surface area (Å²) in [5, 5.41) is 3.45. The van der Waals surface area contributed by atoms with E-state index in [1.54, 1.807) is 0 Å². The van der Waals surface area contributed by atoms with Crippen molar-refractivity contribution in [1.82, 2.24) is 5.32 Å². The Labute approximate surface area is 93.9 Å². The van der Waals surface area contributed by atoms with Gasteiger partial charge in [0.25, 0.3) is 0 Å². The summed E-state index contributed by atoms with van der Waals surface area (Å²) in [4.78, 5) is 0. The molecule has 1 heteroatoms. The zero-order valence-electron chi connectivity index (χ0n) is 10.4. The van der Waals surface area contributed by atoms with Gasteiger partial charge in [-0.15, -0.1) is 0 Å². The van der Waals surface area contributed by atoms with E-state index in [1.165, 1.54) is 29.5 Å². The van der Waals surface area contributed by atoms with Gasteiger partial charge in [-0.2, -0.15) is 0 Å². The first-order valence-corrected chi connectivity index (χ1v) is 5.93. The quantitative estimate of drug-likeness (QED) is 0.778. The Morgan fingerprint density at radius 1 is 1.20 bits per heavy atom. The van der Waals surface area contributed by atoms with Gasteiger partial charge in [0.05, 0.1) is 0 Å². The molecule has 0 bridgehead atoms. The highest BCUT2D eigenvalue weighted by Gasteiger charge is 2.04. The van der Waals surface area contributed by atoms with Crippen LogP contribution in [0.2, 0.25) is 0 Å². The van der Waals surface area contributed by atoms with Gasteiger partial charge in [0.2, 0.25) is 0 Å². The maximum Gasteiger partial charge on any atom is 0.00417 e. The van der Waals surface area contributed by atoms with Gasteiger partial charge in [-0.3, -0.25) is 0 Å². The third-order valence-corrected chi connectivity index (χ3v) is 3.02. The molecule has 1 aromatic rings. The van der Waals surface area contributed by atoms with E-state index in [-0.39, 0.29) is 0 Å². The summed E-state index contributed by atoms with van der Waals surface area (Å²) in [6.07, 6.45) is 2.41. The molecule has 0 spiro atoms. The molecule has 84 valence electrons. The maximum atomic E-state index is 3.45. The van der Waals surface area contributed by atoms with Crippen molar-refractivity contribution in [3.8, 4) is 0 Å². The van der Waals surface area contributed by atoms with Gasteiger partial charge < -0.3 is 5.32 Å². The minimum absolute atomic E-state index is 0.619. The maximum absolute atomic E-state index is 3.45. The minimum Gasteiger partial charge on any atom is -0.315 e. The van der Waals surface area contributed by atoms with Crippen LogP contribution in [0, 0.1) is 13.8 Å². The zero-order valence-corrected chi connectivity index (χ0v) is 10.4. The lowest BCUT2D eigenvalue weighted by molar-refractivity contribution is 0.529. The van der Waals surface area contributed by atoms with Crippen molar-refractivity contribution >= 4 is 0 Å². The summed E-state index contributed by atoms with van der Waals surface area (Å²) in [7, 11) is 0. The SMILES string of the molecule is CCNC(C)CCc1c(C)cccc1C. The summed E-state index contributed by atoms with van der Waals surface area (Å²) in [5.41, 5.74) is 4.39. The molecule has 15 heavy (non-hydrogen) atoms. The average Bonchev–Trinajstić information content (AvgIpc) is 2.17. The molecule has 0 amide bonds. The van der Waals surface area contributed by atoms with Crippen LogP contribution in [0.15, 0.2) is 18.2 Å². The highest BCUT2D eigenvalue weighted by atomic mass is 14.9. The molecule has 0 saturated heterocycles. The third-order valence-electron chi connectivity index (χ3n) is 3.02. The van der Waals surface area contributed by atoms with E-state index in [9.17, 15) is 0 Å². The van der Waals surface area contributed by atoms with Crippen LogP contribution in [0.3, 0.4) is 0 Å². The Balaban J connectivity index is 2.57. The predicted molar refractivity (Wildman–Crippen MR) is 67.4 cm³/mol. The van der Waals surface area contributed by atoms with Gasteiger partial charge in [0.15, 0.2) is 0 Å². The zero-order chi connectivity index (χ0) is 11.3. The fourth-order valence-electron chi connectivity index (χ4n) is 2.05. The molecule has 0 radical (unpaired) electrons. The van der Waals surface area contributed by atoms with Crippen LogP contribution in [0.5, 0.6) is 0 Å². The number of aryl methyl sites for hydroxylation is 2. The minimum atomic E-state index is 0.619. The van der Waals surface area contributed by atoms with Crippen LogP contribution in [-0.4, -0.2) is 12.6 Å². The molecule has 0 aliphatic rings. The van der Waals surface area contributed by atoms with Crippen LogP contribution in [0.1, 0.15) is 37.0 Å². The molecule has 0 aromatic heterocycles. The summed E-state index contributed by atoms with van der Waals surface area (Å²) in [6.45, 7) is 9.90. The molecular formula is C14H23N. The highest BCUT2D eigenvalue weighted by molar-refractivity contribution is 5.33. The highest BCUT2D eigenvalue weighted by Crippen LogP contribution is 2.15. The van der Waals surface area contributed by atoms with Gasteiger partial charge >= 0.3 is 0 Å².